The lowest BCUT2D eigenvalue weighted by Crippen LogP contribution is -2.41. The summed E-state index contributed by atoms with van der Waals surface area (Å²) in [5, 5.41) is 0. The molecule has 1 saturated heterocycles. The van der Waals surface area contributed by atoms with Gasteiger partial charge in [-0.15, -0.1) is 0 Å². The molecule has 0 saturated carbocycles. The second-order valence-electron chi connectivity index (χ2n) is 4.77. The number of amides is 1. The highest BCUT2D eigenvalue weighted by molar-refractivity contribution is 5.88. The third-order valence-corrected chi connectivity index (χ3v) is 2.96. The quantitative estimate of drug-likeness (QED) is 0.583. The van der Waals surface area contributed by atoms with Gasteiger partial charge in [0.1, 0.15) is 6.04 Å². The van der Waals surface area contributed by atoms with Crippen LogP contribution in [0.25, 0.3) is 0 Å². The summed E-state index contributed by atoms with van der Waals surface area (Å²) in [6, 6.07) is -0.333. The number of hydrogen-bond acceptors (Lipinski definition) is 2. The van der Waals surface area contributed by atoms with Crippen LogP contribution in [0.5, 0.6) is 0 Å². The first-order valence-corrected chi connectivity index (χ1v) is 6.14. The van der Waals surface area contributed by atoms with E-state index >= 15 is 0 Å². The van der Waals surface area contributed by atoms with Crippen LogP contribution < -0.4 is 5.73 Å². The largest absolute Gasteiger partial charge is 0.387 e. The SMILES string of the molecule is CC(C)C(N)=NC(C)C(=O)N1CCCCC1. The Morgan fingerprint density at radius 3 is 2.25 bits per heavy atom. The summed E-state index contributed by atoms with van der Waals surface area (Å²) in [7, 11) is 0. The second kappa shape index (κ2) is 5.87. The predicted octanol–water partition coefficient (Wildman–Crippen LogP) is 1.40. The molecular weight excluding hydrogens is 202 g/mol. The number of amidine groups is 1. The average Bonchev–Trinajstić information content (AvgIpc) is 2.28. The highest BCUT2D eigenvalue weighted by Crippen LogP contribution is 2.11. The maximum atomic E-state index is 12.0. The fourth-order valence-electron chi connectivity index (χ4n) is 1.81. The summed E-state index contributed by atoms with van der Waals surface area (Å²) >= 11 is 0. The maximum absolute atomic E-state index is 12.0. The van der Waals surface area contributed by atoms with Gasteiger partial charge in [-0.25, -0.2) is 0 Å². The Morgan fingerprint density at radius 1 is 1.19 bits per heavy atom. The molecule has 0 aromatic rings. The summed E-state index contributed by atoms with van der Waals surface area (Å²) < 4.78 is 0. The van der Waals surface area contributed by atoms with E-state index in [1.54, 1.807) is 0 Å². The minimum absolute atomic E-state index is 0.114. The van der Waals surface area contributed by atoms with Crippen molar-refractivity contribution in [3.8, 4) is 0 Å². The molecule has 1 fully saturated rings. The van der Waals surface area contributed by atoms with Crippen LogP contribution in [0.1, 0.15) is 40.0 Å². The molecule has 0 spiro atoms. The Hall–Kier alpha value is -1.06. The van der Waals surface area contributed by atoms with Crippen molar-refractivity contribution in [1.29, 1.82) is 0 Å². The van der Waals surface area contributed by atoms with E-state index in [-0.39, 0.29) is 17.9 Å². The Labute approximate surface area is 97.9 Å². The fourth-order valence-corrected chi connectivity index (χ4v) is 1.81. The third-order valence-electron chi connectivity index (χ3n) is 2.96. The molecule has 4 nitrogen and oxygen atoms in total. The van der Waals surface area contributed by atoms with Crippen molar-refractivity contribution in [2.24, 2.45) is 16.6 Å². The average molecular weight is 225 g/mol. The molecule has 0 radical (unpaired) electrons. The van der Waals surface area contributed by atoms with E-state index in [9.17, 15) is 4.79 Å². The molecule has 92 valence electrons. The fraction of sp³-hybridized carbons (Fsp3) is 0.833. The van der Waals surface area contributed by atoms with Crippen LogP contribution in [0.4, 0.5) is 0 Å². The Balaban J connectivity index is 2.55. The molecule has 1 rings (SSSR count). The van der Waals surface area contributed by atoms with Crippen LogP contribution in [0.15, 0.2) is 4.99 Å². The van der Waals surface area contributed by atoms with Gasteiger partial charge in [0, 0.05) is 19.0 Å². The number of rotatable bonds is 3. The summed E-state index contributed by atoms with van der Waals surface area (Å²) in [5.41, 5.74) is 5.76. The minimum atomic E-state index is -0.333. The van der Waals surface area contributed by atoms with E-state index in [2.05, 4.69) is 4.99 Å². The van der Waals surface area contributed by atoms with E-state index in [1.807, 2.05) is 25.7 Å². The smallest absolute Gasteiger partial charge is 0.247 e. The van der Waals surface area contributed by atoms with E-state index in [1.165, 1.54) is 6.42 Å². The molecule has 0 aliphatic carbocycles. The molecule has 0 bridgehead atoms. The van der Waals surface area contributed by atoms with Gasteiger partial charge in [0.2, 0.25) is 5.91 Å². The van der Waals surface area contributed by atoms with Crippen LogP contribution in [-0.2, 0) is 4.79 Å². The van der Waals surface area contributed by atoms with Crippen LogP contribution >= 0.6 is 0 Å². The summed E-state index contributed by atoms with van der Waals surface area (Å²) in [4.78, 5) is 18.2. The summed E-state index contributed by atoms with van der Waals surface area (Å²) in [6.45, 7) is 7.54. The molecule has 1 aliphatic rings. The standard InChI is InChI=1S/C12H23N3O/c1-9(2)11(13)14-10(3)12(16)15-7-5-4-6-8-15/h9-10H,4-8H2,1-3H3,(H2,13,14). The van der Waals surface area contributed by atoms with Gasteiger partial charge < -0.3 is 10.6 Å². The number of piperidine rings is 1. The van der Waals surface area contributed by atoms with Crippen LogP contribution in [0, 0.1) is 5.92 Å². The molecule has 4 heteroatoms. The maximum Gasteiger partial charge on any atom is 0.247 e. The molecule has 1 unspecified atom stereocenters. The van der Waals surface area contributed by atoms with E-state index in [4.69, 9.17) is 5.73 Å². The Bertz CT molecular complexity index is 267. The Kier molecular flexibility index (Phi) is 4.77. The van der Waals surface area contributed by atoms with Gasteiger partial charge in [-0.3, -0.25) is 9.79 Å². The molecule has 1 aliphatic heterocycles. The van der Waals surface area contributed by atoms with Crippen LogP contribution in [-0.4, -0.2) is 35.8 Å². The normalized spacial score (nSPS) is 20.0. The lowest BCUT2D eigenvalue weighted by Gasteiger charge is -2.28. The summed E-state index contributed by atoms with van der Waals surface area (Å²) in [6.07, 6.45) is 3.46. The molecule has 0 aromatic carbocycles. The van der Waals surface area contributed by atoms with Gasteiger partial charge in [0.15, 0.2) is 0 Å². The number of hydrogen-bond donors (Lipinski definition) is 1. The number of carbonyl (C=O) groups excluding carboxylic acids is 1. The van der Waals surface area contributed by atoms with Crippen molar-refractivity contribution in [2.45, 2.75) is 46.1 Å². The van der Waals surface area contributed by atoms with Crippen molar-refractivity contribution in [3.63, 3.8) is 0 Å². The number of carbonyl (C=O) groups is 1. The van der Waals surface area contributed by atoms with Gasteiger partial charge in [-0.1, -0.05) is 13.8 Å². The van der Waals surface area contributed by atoms with E-state index < -0.39 is 0 Å². The molecule has 1 heterocycles. The van der Waals surface area contributed by atoms with Gasteiger partial charge in [0.05, 0.1) is 5.84 Å². The van der Waals surface area contributed by atoms with Crippen molar-refractivity contribution in [1.82, 2.24) is 4.90 Å². The molecule has 0 aromatic heterocycles. The van der Waals surface area contributed by atoms with Crippen molar-refractivity contribution >= 4 is 11.7 Å². The van der Waals surface area contributed by atoms with E-state index in [0.717, 1.165) is 25.9 Å². The predicted molar refractivity (Wildman–Crippen MR) is 66.4 cm³/mol. The first-order valence-electron chi connectivity index (χ1n) is 6.14. The van der Waals surface area contributed by atoms with Gasteiger partial charge in [0.25, 0.3) is 0 Å². The number of nitrogens with two attached hydrogens (primary N) is 1. The lowest BCUT2D eigenvalue weighted by molar-refractivity contribution is -0.132. The molecule has 1 amide bonds. The number of aliphatic imine (C=N–C) groups is 1. The molecular formula is C12H23N3O. The van der Waals surface area contributed by atoms with Crippen molar-refractivity contribution < 1.29 is 4.79 Å². The molecule has 16 heavy (non-hydrogen) atoms. The first kappa shape index (κ1) is 13.0. The highest BCUT2D eigenvalue weighted by atomic mass is 16.2. The number of nitrogens with zero attached hydrogens (tertiary/aromatic N) is 2. The summed E-state index contributed by atoms with van der Waals surface area (Å²) in [5.74, 6) is 0.887. The topological polar surface area (TPSA) is 58.7 Å². The second-order valence-corrected chi connectivity index (χ2v) is 4.77. The van der Waals surface area contributed by atoms with Crippen LogP contribution in [0.2, 0.25) is 0 Å². The van der Waals surface area contributed by atoms with E-state index in [0.29, 0.717) is 5.84 Å². The minimum Gasteiger partial charge on any atom is -0.387 e. The monoisotopic (exact) mass is 225 g/mol. The van der Waals surface area contributed by atoms with Gasteiger partial charge in [-0.2, -0.15) is 0 Å². The molecule has 2 N–H and O–H groups in total. The van der Waals surface area contributed by atoms with Gasteiger partial charge >= 0.3 is 0 Å². The van der Waals surface area contributed by atoms with Crippen molar-refractivity contribution in [3.05, 3.63) is 0 Å². The lowest BCUT2D eigenvalue weighted by atomic mass is 10.1. The van der Waals surface area contributed by atoms with Gasteiger partial charge in [-0.05, 0) is 26.2 Å². The van der Waals surface area contributed by atoms with Crippen molar-refractivity contribution in [2.75, 3.05) is 13.1 Å². The zero-order chi connectivity index (χ0) is 12.1. The zero-order valence-electron chi connectivity index (χ0n) is 10.6. The third kappa shape index (κ3) is 3.51. The highest BCUT2D eigenvalue weighted by Gasteiger charge is 2.21. The zero-order valence-corrected chi connectivity index (χ0v) is 10.6. The van der Waals surface area contributed by atoms with Crippen LogP contribution in [0.3, 0.4) is 0 Å². The Morgan fingerprint density at radius 2 is 1.75 bits per heavy atom. The molecule has 1 atom stereocenters. The first-order chi connectivity index (χ1) is 7.52. The number of likely N-dealkylation sites (tertiary alicyclic amines) is 1.